The van der Waals surface area contributed by atoms with E-state index in [4.69, 9.17) is 18.0 Å². The molecule has 18 heavy (non-hydrogen) atoms. The van der Waals surface area contributed by atoms with Crippen LogP contribution in [0.3, 0.4) is 0 Å². The smallest absolute Gasteiger partial charge is 0.224 e. The molecular formula is C14H24N2OS. The topological polar surface area (TPSA) is 55.1 Å². The molecule has 2 unspecified atom stereocenters. The van der Waals surface area contributed by atoms with Crippen molar-refractivity contribution in [1.29, 1.82) is 0 Å². The van der Waals surface area contributed by atoms with Crippen LogP contribution in [0.15, 0.2) is 0 Å². The van der Waals surface area contributed by atoms with Crippen LogP contribution in [0.25, 0.3) is 0 Å². The van der Waals surface area contributed by atoms with Crippen molar-refractivity contribution in [3.05, 3.63) is 0 Å². The molecule has 0 heterocycles. The number of rotatable bonds is 4. The normalized spacial score (nSPS) is 39.1. The second-order valence-electron chi connectivity index (χ2n) is 6.11. The molecule has 0 spiro atoms. The summed E-state index contributed by atoms with van der Waals surface area (Å²) < 4.78 is 0. The summed E-state index contributed by atoms with van der Waals surface area (Å²) in [7, 11) is 0. The van der Waals surface area contributed by atoms with E-state index in [1.807, 2.05) is 0 Å². The van der Waals surface area contributed by atoms with Crippen LogP contribution in [-0.4, -0.2) is 16.4 Å². The lowest BCUT2D eigenvalue weighted by molar-refractivity contribution is -0.124. The number of hydrogen-bond donors (Lipinski definition) is 2. The summed E-state index contributed by atoms with van der Waals surface area (Å²) >= 11 is 5.22. The predicted molar refractivity (Wildman–Crippen MR) is 77.2 cm³/mol. The largest absolute Gasteiger partial charge is 0.391 e. The molecule has 0 aromatic heterocycles. The standard InChI is InChI=1S/C14H24N2OS/c1-3-10-4-6-14(7-5-10,13(15)18)16-12(17)11-8-9(11)2/h9-11H,3-8H2,1-2H3,(H2,15,18)(H,16,17). The highest BCUT2D eigenvalue weighted by molar-refractivity contribution is 7.80. The van der Waals surface area contributed by atoms with Crippen molar-refractivity contribution in [3.63, 3.8) is 0 Å². The van der Waals surface area contributed by atoms with Crippen molar-refractivity contribution in [2.75, 3.05) is 0 Å². The first-order valence-electron chi connectivity index (χ1n) is 7.10. The van der Waals surface area contributed by atoms with Gasteiger partial charge in [0.1, 0.15) is 0 Å². The Kier molecular flexibility index (Phi) is 3.95. The quantitative estimate of drug-likeness (QED) is 0.770. The van der Waals surface area contributed by atoms with Gasteiger partial charge in [0, 0.05) is 5.92 Å². The van der Waals surface area contributed by atoms with Crippen molar-refractivity contribution >= 4 is 23.1 Å². The van der Waals surface area contributed by atoms with Crippen molar-refractivity contribution < 1.29 is 4.79 Å². The SMILES string of the molecule is CCC1CCC(NC(=O)C2CC2C)(C(N)=S)CC1. The third-order valence-electron chi connectivity index (χ3n) is 4.82. The van der Waals surface area contributed by atoms with E-state index in [2.05, 4.69) is 19.2 Å². The van der Waals surface area contributed by atoms with Crippen molar-refractivity contribution in [1.82, 2.24) is 5.32 Å². The fourth-order valence-corrected chi connectivity index (χ4v) is 3.28. The summed E-state index contributed by atoms with van der Waals surface area (Å²) in [6, 6.07) is 0. The fraction of sp³-hybridized carbons (Fsp3) is 0.857. The number of amides is 1. The molecular weight excluding hydrogens is 244 g/mol. The van der Waals surface area contributed by atoms with Crippen molar-refractivity contribution in [2.24, 2.45) is 23.5 Å². The molecule has 0 bridgehead atoms. The van der Waals surface area contributed by atoms with Crippen LogP contribution in [0.5, 0.6) is 0 Å². The highest BCUT2D eigenvalue weighted by Crippen LogP contribution is 2.40. The summed E-state index contributed by atoms with van der Waals surface area (Å²) in [6.45, 7) is 4.34. The summed E-state index contributed by atoms with van der Waals surface area (Å²) in [6.07, 6.45) is 6.28. The van der Waals surface area contributed by atoms with Crippen LogP contribution in [0.4, 0.5) is 0 Å². The van der Waals surface area contributed by atoms with Gasteiger partial charge in [-0.1, -0.05) is 32.5 Å². The molecule has 0 aliphatic heterocycles. The van der Waals surface area contributed by atoms with E-state index >= 15 is 0 Å². The van der Waals surface area contributed by atoms with Crippen LogP contribution in [-0.2, 0) is 4.79 Å². The first kappa shape index (κ1) is 13.8. The predicted octanol–water partition coefficient (Wildman–Crippen LogP) is 2.38. The lowest BCUT2D eigenvalue weighted by Crippen LogP contribution is -2.58. The monoisotopic (exact) mass is 268 g/mol. The van der Waals surface area contributed by atoms with Gasteiger partial charge in [-0.25, -0.2) is 0 Å². The second kappa shape index (κ2) is 5.16. The van der Waals surface area contributed by atoms with E-state index < -0.39 is 5.54 Å². The molecule has 0 radical (unpaired) electrons. The first-order valence-corrected chi connectivity index (χ1v) is 7.51. The van der Waals surface area contributed by atoms with Gasteiger partial charge in [-0.2, -0.15) is 0 Å². The minimum Gasteiger partial charge on any atom is -0.391 e. The molecule has 2 fully saturated rings. The number of carbonyl (C=O) groups excluding carboxylic acids is 1. The van der Waals surface area contributed by atoms with E-state index in [0.29, 0.717) is 10.9 Å². The van der Waals surface area contributed by atoms with Crippen molar-refractivity contribution in [2.45, 2.75) is 57.9 Å². The van der Waals surface area contributed by atoms with Crippen LogP contribution in [0.1, 0.15) is 52.4 Å². The van der Waals surface area contributed by atoms with Crippen LogP contribution < -0.4 is 11.1 Å². The van der Waals surface area contributed by atoms with E-state index in [0.717, 1.165) is 38.0 Å². The summed E-state index contributed by atoms with van der Waals surface area (Å²) in [5.74, 6) is 1.65. The van der Waals surface area contributed by atoms with Gasteiger partial charge in [-0.05, 0) is 43.9 Å². The van der Waals surface area contributed by atoms with Crippen LogP contribution in [0, 0.1) is 17.8 Å². The van der Waals surface area contributed by atoms with Crippen LogP contribution >= 0.6 is 12.2 Å². The van der Waals surface area contributed by atoms with Gasteiger partial charge < -0.3 is 11.1 Å². The maximum Gasteiger partial charge on any atom is 0.224 e. The highest BCUT2D eigenvalue weighted by Gasteiger charge is 2.45. The highest BCUT2D eigenvalue weighted by atomic mass is 32.1. The number of carbonyl (C=O) groups is 1. The lowest BCUT2D eigenvalue weighted by Gasteiger charge is -2.40. The van der Waals surface area contributed by atoms with E-state index in [-0.39, 0.29) is 11.8 Å². The number of nitrogens with one attached hydrogen (secondary N) is 1. The van der Waals surface area contributed by atoms with Gasteiger partial charge in [0.15, 0.2) is 0 Å². The maximum atomic E-state index is 12.1. The Morgan fingerprint density at radius 1 is 1.44 bits per heavy atom. The molecule has 0 aromatic carbocycles. The zero-order valence-electron chi connectivity index (χ0n) is 11.4. The van der Waals surface area contributed by atoms with Gasteiger partial charge in [0.05, 0.1) is 10.5 Å². The summed E-state index contributed by atoms with van der Waals surface area (Å²) in [5, 5.41) is 3.16. The van der Waals surface area contributed by atoms with Gasteiger partial charge in [-0.15, -0.1) is 0 Å². The molecule has 2 saturated carbocycles. The van der Waals surface area contributed by atoms with Gasteiger partial charge >= 0.3 is 0 Å². The average Bonchev–Trinajstić information content (AvgIpc) is 3.07. The Morgan fingerprint density at radius 3 is 2.39 bits per heavy atom. The lowest BCUT2D eigenvalue weighted by atomic mass is 9.75. The van der Waals surface area contributed by atoms with Crippen molar-refractivity contribution in [3.8, 4) is 0 Å². The molecule has 2 aliphatic rings. The van der Waals surface area contributed by atoms with Gasteiger partial charge in [-0.3, -0.25) is 4.79 Å². The average molecular weight is 268 g/mol. The fourth-order valence-electron chi connectivity index (χ4n) is 3.03. The second-order valence-corrected chi connectivity index (χ2v) is 6.55. The third-order valence-corrected chi connectivity index (χ3v) is 5.21. The Balaban J connectivity index is 1.99. The summed E-state index contributed by atoms with van der Waals surface area (Å²) in [5.41, 5.74) is 5.51. The molecule has 1 amide bonds. The molecule has 2 rings (SSSR count). The molecule has 3 N–H and O–H groups in total. The van der Waals surface area contributed by atoms with E-state index in [1.165, 1.54) is 6.42 Å². The number of nitrogens with two attached hydrogens (primary N) is 1. The number of hydrogen-bond acceptors (Lipinski definition) is 2. The molecule has 4 heteroatoms. The summed E-state index contributed by atoms with van der Waals surface area (Å²) in [4.78, 5) is 12.6. The Bertz CT molecular complexity index is 348. The van der Waals surface area contributed by atoms with Gasteiger partial charge in [0.2, 0.25) is 5.91 Å². The van der Waals surface area contributed by atoms with Crippen LogP contribution in [0.2, 0.25) is 0 Å². The Morgan fingerprint density at radius 2 is 2.00 bits per heavy atom. The minimum absolute atomic E-state index is 0.158. The molecule has 2 atom stereocenters. The molecule has 0 saturated heterocycles. The zero-order chi connectivity index (χ0) is 13.3. The van der Waals surface area contributed by atoms with Gasteiger partial charge in [0.25, 0.3) is 0 Å². The minimum atomic E-state index is -0.402. The maximum absolute atomic E-state index is 12.1. The molecule has 2 aliphatic carbocycles. The molecule has 3 nitrogen and oxygen atoms in total. The molecule has 0 aromatic rings. The van der Waals surface area contributed by atoms with E-state index in [9.17, 15) is 4.79 Å². The number of thiocarbonyl (C=S) groups is 1. The Labute approximate surface area is 115 Å². The van der Waals surface area contributed by atoms with E-state index in [1.54, 1.807) is 0 Å². The first-order chi connectivity index (χ1) is 8.48. The Hall–Kier alpha value is -0.640. The third kappa shape index (κ3) is 2.68. The zero-order valence-corrected chi connectivity index (χ0v) is 12.2. The molecule has 102 valence electrons.